The van der Waals surface area contributed by atoms with E-state index in [1.165, 1.54) is 14.2 Å². The summed E-state index contributed by atoms with van der Waals surface area (Å²) in [4.78, 5) is 16.7. The minimum absolute atomic E-state index is 0.0223. The van der Waals surface area contributed by atoms with Gasteiger partial charge in [-0.1, -0.05) is 23.9 Å². The number of halogens is 2. The maximum Gasteiger partial charge on any atom is 0.321 e. The molecule has 1 aromatic heterocycles. The van der Waals surface area contributed by atoms with Gasteiger partial charge in [-0.25, -0.2) is 4.98 Å². The number of nitrogens with zero attached hydrogens (tertiary/aromatic N) is 2. The van der Waals surface area contributed by atoms with E-state index in [0.29, 0.717) is 28.1 Å². The summed E-state index contributed by atoms with van der Waals surface area (Å²) in [6, 6.07) is 11.5. The molecule has 0 radical (unpaired) electrons. The fraction of sp³-hybridized carbons (Fsp3) is 0.222. The van der Waals surface area contributed by atoms with Crippen LogP contribution in [0.5, 0.6) is 11.5 Å². The zero-order valence-corrected chi connectivity index (χ0v) is 14.9. The van der Waals surface area contributed by atoms with Crippen molar-refractivity contribution in [1.29, 1.82) is 0 Å². The first-order valence-corrected chi connectivity index (χ1v) is 8.67. The topological polar surface area (TPSA) is 53.3 Å². The number of methoxy groups -OCH3 is 2. The van der Waals surface area contributed by atoms with Gasteiger partial charge in [-0.3, -0.25) is 9.36 Å². The number of benzene rings is 2. The molecule has 8 heteroatoms. The molecule has 0 amide bonds. The lowest BCUT2D eigenvalue weighted by molar-refractivity contribution is 0.0656. The lowest BCUT2D eigenvalue weighted by Gasteiger charge is -2.09. The normalized spacial score (nSPS) is 11.1. The van der Waals surface area contributed by atoms with E-state index in [0.717, 1.165) is 16.3 Å². The van der Waals surface area contributed by atoms with Gasteiger partial charge in [0.1, 0.15) is 0 Å². The monoisotopic (exact) mass is 378 g/mol. The Kier molecular flexibility index (Phi) is 5.41. The van der Waals surface area contributed by atoms with Gasteiger partial charge in [0.15, 0.2) is 22.4 Å². The number of thioether (sulfide) groups is 1. The van der Waals surface area contributed by atoms with Crippen molar-refractivity contribution in [1.82, 2.24) is 9.55 Å². The summed E-state index contributed by atoms with van der Waals surface area (Å²) >= 11 is 0.978. The zero-order chi connectivity index (χ0) is 18.7. The molecule has 26 heavy (non-hydrogen) atoms. The van der Waals surface area contributed by atoms with Gasteiger partial charge in [0, 0.05) is 5.56 Å². The van der Waals surface area contributed by atoms with Gasteiger partial charge in [-0.2, -0.15) is 8.78 Å². The second kappa shape index (κ2) is 7.74. The van der Waals surface area contributed by atoms with E-state index < -0.39 is 6.55 Å². The number of hydrogen-bond donors (Lipinski definition) is 0. The van der Waals surface area contributed by atoms with Crippen LogP contribution in [0.25, 0.3) is 11.0 Å². The Morgan fingerprint density at radius 3 is 2.58 bits per heavy atom. The SMILES string of the molecule is COc1ccc(C(=O)CSc2nc3ccccc3n2C(F)F)cc1OC. The van der Waals surface area contributed by atoms with Crippen molar-refractivity contribution in [3.05, 3.63) is 48.0 Å². The quantitative estimate of drug-likeness (QED) is 0.450. The Balaban J connectivity index is 1.82. The number of carbonyl (C=O) groups excluding carboxylic acids is 1. The number of imidazole rings is 1. The summed E-state index contributed by atoms with van der Waals surface area (Å²) in [7, 11) is 2.98. The maximum absolute atomic E-state index is 13.4. The van der Waals surface area contributed by atoms with Crippen LogP contribution in [0.4, 0.5) is 8.78 Å². The Labute approximate surface area is 152 Å². The second-order valence-corrected chi connectivity index (χ2v) is 6.25. The van der Waals surface area contributed by atoms with Crippen LogP contribution in [-0.4, -0.2) is 35.3 Å². The maximum atomic E-state index is 13.4. The molecule has 1 heterocycles. The first-order valence-electron chi connectivity index (χ1n) is 7.68. The summed E-state index contributed by atoms with van der Waals surface area (Å²) in [5.74, 6) is 0.703. The third-order valence-corrected chi connectivity index (χ3v) is 4.75. The summed E-state index contributed by atoms with van der Waals surface area (Å²) in [6.07, 6.45) is 0. The lowest BCUT2D eigenvalue weighted by atomic mass is 10.1. The Morgan fingerprint density at radius 2 is 1.88 bits per heavy atom. The third kappa shape index (κ3) is 3.50. The van der Waals surface area contributed by atoms with Crippen LogP contribution in [0, 0.1) is 0 Å². The summed E-state index contributed by atoms with van der Waals surface area (Å²) in [6.45, 7) is -2.74. The number of ketones is 1. The zero-order valence-electron chi connectivity index (χ0n) is 14.1. The fourth-order valence-corrected chi connectivity index (χ4v) is 3.44. The molecular weight excluding hydrogens is 362 g/mol. The van der Waals surface area contributed by atoms with Crippen molar-refractivity contribution in [2.24, 2.45) is 0 Å². The highest BCUT2D eigenvalue weighted by Crippen LogP contribution is 2.31. The van der Waals surface area contributed by atoms with E-state index in [4.69, 9.17) is 9.47 Å². The van der Waals surface area contributed by atoms with E-state index in [2.05, 4.69) is 4.98 Å². The van der Waals surface area contributed by atoms with Crippen molar-refractivity contribution >= 4 is 28.6 Å². The molecule has 0 bridgehead atoms. The van der Waals surface area contributed by atoms with Gasteiger partial charge < -0.3 is 9.47 Å². The van der Waals surface area contributed by atoms with Crippen LogP contribution >= 0.6 is 11.8 Å². The number of para-hydroxylation sites is 2. The molecule has 0 fully saturated rings. The third-order valence-electron chi connectivity index (χ3n) is 3.80. The predicted molar refractivity (Wildman–Crippen MR) is 95.6 cm³/mol. The molecule has 0 aliphatic carbocycles. The molecule has 0 saturated heterocycles. The molecule has 0 atom stereocenters. The van der Waals surface area contributed by atoms with Gasteiger partial charge in [0.25, 0.3) is 0 Å². The lowest BCUT2D eigenvalue weighted by Crippen LogP contribution is -2.06. The van der Waals surface area contributed by atoms with Crippen LogP contribution in [0.3, 0.4) is 0 Å². The molecule has 0 saturated carbocycles. The van der Waals surface area contributed by atoms with E-state index in [-0.39, 0.29) is 16.7 Å². The van der Waals surface area contributed by atoms with Gasteiger partial charge in [-0.05, 0) is 30.3 Å². The number of carbonyl (C=O) groups is 1. The van der Waals surface area contributed by atoms with Gasteiger partial charge in [-0.15, -0.1) is 0 Å². The Morgan fingerprint density at radius 1 is 1.15 bits per heavy atom. The number of fused-ring (bicyclic) bond motifs is 1. The molecule has 0 aliphatic rings. The number of hydrogen-bond acceptors (Lipinski definition) is 5. The van der Waals surface area contributed by atoms with Crippen molar-refractivity contribution in [2.45, 2.75) is 11.7 Å². The summed E-state index contributed by atoms with van der Waals surface area (Å²) < 4.78 is 38.0. The van der Waals surface area contributed by atoms with Crippen LogP contribution in [0.15, 0.2) is 47.6 Å². The molecule has 0 unspecified atom stereocenters. The van der Waals surface area contributed by atoms with Gasteiger partial charge in [0.05, 0.1) is 31.0 Å². The van der Waals surface area contributed by atoms with Gasteiger partial charge in [0.2, 0.25) is 0 Å². The summed E-state index contributed by atoms with van der Waals surface area (Å²) in [5, 5.41) is 0.107. The average Bonchev–Trinajstić information content (AvgIpc) is 3.04. The molecule has 2 aromatic carbocycles. The number of alkyl halides is 2. The van der Waals surface area contributed by atoms with Gasteiger partial charge >= 0.3 is 6.55 Å². The highest BCUT2D eigenvalue weighted by Gasteiger charge is 2.19. The standard InChI is InChI=1S/C18H16F2N2O3S/c1-24-15-8-7-11(9-16(15)25-2)14(23)10-26-18-21-12-5-3-4-6-13(12)22(18)17(19)20/h3-9,17H,10H2,1-2H3. The second-order valence-electron chi connectivity index (χ2n) is 5.31. The minimum atomic E-state index is -2.74. The van der Waals surface area contributed by atoms with E-state index in [9.17, 15) is 13.6 Å². The predicted octanol–water partition coefficient (Wildman–Crippen LogP) is 4.42. The van der Waals surface area contributed by atoms with Crippen LogP contribution < -0.4 is 9.47 Å². The molecule has 3 rings (SSSR count). The van der Waals surface area contributed by atoms with Crippen molar-refractivity contribution in [3.63, 3.8) is 0 Å². The number of Topliss-reactive ketones (excluding diaryl/α,β-unsaturated/α-hetero) is 1. The molecular formula is C18H16F2N2O3S. The first-order chi connectivity index (χ1) is 12.5. The van der Waals surface area contributed by atoms with Crippen molar-refractivity contribution in [2.75, 3.05) is 20.0 Å². The molecule has 0 N–H and O–H groups in total. The average molecular weight is 378 g/mol. The van der Waals surface area contributed by atoms with Crippen LogP contribution in [0.2, 0.25) is 0 Å². The van der Waals surface area contributed by atoms with Crippen LogP contribution in [-0.2, 0) is 0 Å². The molecule has 3 aromatic rings. The fourth-order valence-electron chi connectivity index (χ4n) is 2.54. The first kappa shape index (κ1) is 18.2. The molecule has 0 spiro atoms. The Hall–Kier alpha value is -2.61. The van der Waals surface area contributed by atoms with Crippen molar-refractivity contribution < 1.29 is 23.0 Å². The van der Waals surface area contributed by atoms with E-state index >= 15 is 0 Å². The number of aromatic nitrogens is 2. The molecule has 0 aliphatic heterocycles. The Bertz CT molecular complexity index is 943. The molecule has 136 valence electrons. The summed E-state index contributed by atoms with van der Waals surface area (Å²) in [5.41, 5.74) is 1.22. The molecule has 5 nitrogen and oxygen atoms in total. The minimum Gasteiger partial charge on any atom is -0.493 e. The van der Waals surface area contributed by atoms with Crippen molar-refractivity contribution in [3.8, 4) is 11.5 Å². The highest BCUT2D eigenvalue weighted by molar-refractivity contribution is 7.99. The number of rotatable bonds is 7. The highest BCUT2D eigenvalue weighted by atomic mass is 32.2. The smallest absolute Gasteiger partial charge is 0.321 e. The number of ether oxygens (including phenoxy) is 2. The largest absolute Gasteiger partial charge is 0.493 e. The van der Waals surface area contributed by atoms with E-state index in [1.54, 1.807) is 42.5 Å². The van der Waals surface area contributed by atoms with Crippen LogP contribution in [0.1, 0.15) is 16.9 Å². The van der Waals surface area contributed by atoms with E-state index in [1.807, 2.05) is 0 Å².